The third-order valence-electron chi connectivity index (χ3n) is 14.0. The largest absolute Gasteiger partial charge is 0.481 e. The molecule has 0 radical (unpaired) electrons. The molecule has 4 aliphatic heterocycles. The summed E-state index contributed by atoms with van der Waals surface area (Å²) in [6.07, 6.45) is 20.1. The lowest BCUT2D eigenvalue weighted by atomic mass is 9.91. The third kappa shape index (κ3) is 9.37. The number of ether oxygens (including phenoxy) is 4. The van der Waals surface area contributed by atoms with Gasteiger partial charge in [0, 0.05) is 59.6 Å². The molecule has 0 aliphatic carbocycles. The SMILES string of the molecule is COc1ccc(-c2nn(-c3cnn([C@@H](C)C4CCN(C)CC4)c3)c3c2CCOCC3)cn1.COc1ccc(-c2nn(-c3cnn([C@H](C)C4CCN(C)CC4)c3)c3c2CCOCC3)cn1. The Labute approximate surface area is 376 Å². The molecule has 64 heavy (non-hydrogen) atoms. The molecule has 2 atom stereocenters. The average Bonchev–Trinajstić information content (AvgIpc) is 4.10. The van der Waals surface area contributed by atoms with Gasteiger partial charge in [-0.3, -0.25) is 9.36 Å². The molecule has 2 saturated heterocycles. The maximum absolute atomic E-state index is 5.78. The molecule has 0 N–H and O–H groups in total. The monoisotopic (exact) mass is 873 g/mol. The van der Waals surface area contributed by atoms with Gasteiger partial charge in [0.1, 0.15) is 11.4 Å². The van der Waals surface area contributed by atoms with Crippen LogP contribution in [0.4, 0.5) is 0 Å². The van der Waals surface area contributed by atoms with E-state index in [0.717, 1.165) is 85.8 Å². The van der Waals surface area contributed by atoms with Crippen LogP contribution in [0.1, 0.15) is 74.1 Å². The topological polar surface area (TPSA) is 140 Å². The van der Waals surface area contributed by atoms with Crippen LogP contribution in [0.15, 0.2) is 61.4 Å². The van der Waals surface area contributed by atoms with Crippen molar-refractivity contribution >= 4 is 0 Å². The van der Waals surface area contributed by atoms with Crippen LogP contribution >= 0.6 is 0 Å². The molecule has 0 bridgehead atoms. The number of rotatable bonds is 10. The molecular formula is C48H64N12O4. The number of likely N-dealkylation sites (tertiary alicyclic amines) is 2. The van der Waals surface area contributed by atoms with E-state index in [1.54, 1.807) is 14.2 Å². The zero-order valence-corrected chi connectivity index (χ0v) is 38.4. The second-order valence-electron chi connectivity index (χ2n) is 17.9. The van der Waals surface area contributed by atoms with Gasteiger partial charge in [-0.15, -0.1) is 0 Å². The number of fused-ring (bicyclic) bond motifs is 2. The van der Waals surface area contributed by atoms with Gasteiger partial charge in [0.2, 0.25) is 11.8 Å². The standard InChI is InChI=1S/2C24H32N6O2/c2*1-17(18-6-10-28(2)11-7-18)29-16-20(15-26-29)30-22-9-13-32-12-8-21(22)24(27-30)19-4-5-23(31-3)25-14-19/h2*4-5,14-18H,6-13H2,1-3H3/t2*17-/m10/s1. The van der Waals surface area contributed by atoms with E-state index in [2.05, 4.69) is 78.8 Å². The predicted molar refractivity (Wildman–Crippen MR) is 245 cm³/mol. The Kier molecular flexibility index (Phi) is 13.5. The van der Waals surface area contributed by atoms with Gasteiger partial charge in [-0.2, -0.15) is 20.4 Å². The van der Waals surface area contributed by atoms with Gasteiger partial charge >= 0.3 is 0 Å². The third-order valence-corrected chi connectivity index (χ3v) is 14.0. The Morgan fingerprint density at radius 2 is 0.969 bits per heavy atom. The van der Waals surface area contributed by atoms with Crippen LogP contribution in [0.3, 0.4) is 0 Å². The van der Waals surface area contributed by atoms with E-state index < -0.39 is 0 Å². The highest BCUT2D eigenvalue weighted by Crippen LogP contribution is 2.34. The van der Waals surface area contributed by atoms with Crippen molar-refractivity contribution in [2.45, 2.75) is 77.3 Å². The number of methoxy groups -OCH3 is 2. The molecule has 2 fully saturated rings. The van der Waals surface area contributed by atoms with Gasteiger partial charge in [0.25, 0.3) is 0 Å². The molecular weight excluding hydrogens is 809 g/mol. The maximum Gasteiger partial charge on any atom is 0.212 e. The first-order valence-corrected chi connectivity index (χ1v) is 23.1. The van der Waals surface area contributed by atoms with Crippen molar-refractivity contribution in [2.24, 2.45) is 11.8 Å². The molecule has 0 amide bonds. The smallest absolute Gasteiger partial charge is 0.212 e. The number of aromatic nitrogens is 10. The van der Waals surface area contributed by atoms with E-state index in [1.807, 2.05) is 49.1 Å². The lowest BCUT2D eigenvalue weighted by Gasteiger charge is -2.32. The van der Waals surface area contributed by atoms with Crippen molar-refractivity contribution in [3.8, 4) is 45.6 Å². The van der Waals surface area contributed by atoms with Crippen molar-refractivity contribution in [2.75, 3.05) is 80.9 Å². The number of pyridine rings is 2. The molecule has 10 heterocycles. The molecule has 6 aromatic heterocycles. The molecule has 6 aromatic rings. The van der Waals surface area contributed by atoms with E-state index in [4.69, 9.17) is 39.3 Å². The molecule has 0 unspecified atom stereocenters. The highest BCUT2D eigenvalue weighted by molar-refractivity contribution is 5.66. The maximum atomic E-state index is 5.78. The minimum absolute atomic E-state index is 0.375. The summed E-state index contributed by atoms with van der Waals surface area (Å²) >= 11 is 0. The summed E-state index contributed by atoms with van der Waals surface area (Å²) in [4.78, 5) is 13.6. The van der Waals surface area contributed by atoms with Crippen LogP contribution < -0.4 is 9.47 Å². The summed E-state index contributed by atoms with van der Waals surface area (Å²) < 4.78 is 30.4. The van der Waals surface area contributed by atoms with Crippen molar-refractivity contribution in [1.29, 1.82) is 0 Å². The van der Waals surface area contributed by atoms with Crippen molar-refractivity contribution in [3.63, 3.8) is 0 Å². The van der Waals surface area contributed by atoms with E-state index in [9.17, 15) is 0 Å². The first-order valence-electron chi connectivity index (χ1n) is 23.1. The van der Waals surface area contributed by atoms with Gasteiger partial charge in [0.05, 0.1) is 100 Å². The Balaban J connectivity index is 0.000000162. The lowest BCUT2D eigenvalue weighted by Crippen LogP contribution is -2.33. The van der Waals surface area contributed by atoms with Gasteiger partial charge in [-0.05, 0) is 117 Å². The van der Waals surface area contributed by atoms with Gasteiger partial charge < -0.3 is 28.7 Å². The van der Waals surface area contributed by atoms with E-state index in [0.29, 0.717) is 62.1 Å². The van der Waals surface area contributed by atoms with Crippen molar-refractivity contribution < 1.29 is 18.9 Å². The molecule has 0 saturated carbocycles. The summed E-state index contributed by atoms with van der Waals surface area (Å²) in [5, 5.41) is 19.6. The number of hydrogen-bond acceptors (Lipinski definition) is 12. The van der Waals surface area contributed by atoms with Gasteiger partial charge in [-0.1, -0.05) is 0 Å². The second-order valence-corrected chi connectivity index (χ2v) is 17.9. The summed E-state index contributed by atoms with van der Waals surface area (Å²) in [6, 6.07) is 8.57. The average molecular weight is 873 g/mol. The van der Waals surface area contributed by atoms with Crippen LogP contribution in [0.2, 0.25) is 0 Å². The van der Waals surface area contributed by atoms with E-state index in [-0.39, 0.29) is 0 Å². The minimum atomic E-state index is 0.375. The lowest BCUT2D eigenvalue weighted by molar-refractivity contribution is 0.145. The van der Waals surface area contributed by atoms with Gasteiger partial charge in [0.15, 0.2) is 0 Å². The number of hydrogen-bond donors (Lipinski definition) is 0. The normalized spacial score (nSPS) is 18.8. The molecule has 16 nitrogen and oxygen atoms in total. The molecule has 0 spiro atoms. The fourth-order valence-electron chi connectivity index (χ4n) is 9.85. The van der Waals surface area contributed by atoms with Crippen LogP contribution in [0.5, 0.6) is 11.8 Å². The predicted octanol–water partition coefficient (Wildman–Crippen LogP) is 6.31. The highest BCUT2D eigenvalue weighted by atomic mass is 16.5. The number of piperidine rings is 2. The van der Waals surface area contributed by atoms with Gasteiger partial charge in [-0.25, -0.2) is 19.3 Å². The van der Waals surface area contributed by atoms with Crippen molar-refractivity contribution in [1.82, 2.24) is 58.9 Å². The van der Waals surface area contributed by atoms with Crippen molar-refractivity contribution in [3.05, 3.63) is 84.0 Å². The van der Waals surface area contributed by atoms with Crippen LogP contribution in [0.25, 0.3) is 33.9 Å². The molecule has 340 valence electrons. The zero-order chi connectivity index (χ0) is 44.2. The fourth-order valence-corrected chi connectivity index (χ4v) is 9.85. The minimum Gasteiger partial charge on any atom is -0.481 e. The fraction of sp³-hybridized carbons (Fsp3) is 0.542. The first-order chi connectivity index (χ1) is 31.3. The number of nitrogens with zero attached hydrogens (tertiary/aromatic N) is 12. The quantitative estimate of drug-likeness (QED) is 0.152. The molecule has 16 heteroatoms. The van der Waals surface area contributed by atoms with Crippen LogP contribution in [-0.4, -0.2) is 140 Å². The van der Waals surface area contributed by atoms with E-state index >= 15 is 0 Å². The highest BCUT2D eigenvalue weighted by Gasteiger charge is 2.28. The van der Waals surface area contributed by atoms with Crippen LogP contribution in [-0.2, 0) is 35.2 Å². The summed E-state index contributed by atoms with van der Waals surface area (Å²) in [6.45, 7) is 12.1. The zero-order valence-electron chi connectivity index (χ0n) is 38.4. The van der Waals surface area contributed by atoms with Crippen LogP contribution in [0, 0.1) is 11.8 Å². The molecule has 4 aliphatic rings. The Morgan fingerprint density at radius 3 is 1.34 bits per heavy atom. The summed E-state index contributed by atoms with van der Waals surface area (Å²) in [5.41, 5.74) is 10.8. The summed E-state index contributed by atoms with van der Waals surface area (Å²) in [7, 11) is 7.67. The summed E-state index contributed by atoms with van der Waals surface area (Å²) in [5.74, 6) is 2.52. The Bertz CT molecular complexity index is 2270. The second kappa shape index (κ2) is 19.8. The first kappa shape index (κ1) is 43.8. The Morgan fingerprint density at radius 1 is 0.562 bits per heavy atom. The van der Waals surface area contributed by atoms with E-state index in [1.165, 1.54) is 48.2 Å². The Hall–Kier alpha value is -5.42. The molecule has 10 rings (SSSR count). The molecule has 0 aromatic carbocycles.